The van der Waals surface area contributed by atoms with Gasteiger partial charge in [0.25, 0.3) is 0 Å². The van der Waals surface area contributed by atoms with Crippen LogP contribution in [0.2, 0.25) is 0 Å². The van der Waals surface area contributed by atoms with E-state index in [1.54, 1.807) is 0 Å². The highest BCUT2D eigenvalue weighted by atomic mass is 16.4. The average molecular weight is 745 g/mol. The lowest BCUT2D eigenvalue weighted by molar-refractivity contribution is 0.0696. The van der Waals surface area contributed by atoms with Crippen molar-refractivity contribution in [3.8, 4) is 0 Å². The highest BCUT2D eigenvalue weighted by Crippen LogP contribution is 2.36. The van der Waals surface area contributed by atoms with Gasteiger partial charge in [-0.3, -0.25) is 4.99 Å². The van der Waals surface area contributed by atoms with Crippen molar-refractivity contribution in [2.45, 2.75) is 26.8 Å². The van der Waals surface area contributed by atoms with Crippen molar-refractivity contribution in [1.82, 2.24) is 4.98 Å². The number of rotatable bonds is 6. The van der Waals surface area contributed by atoms with Gasteiger partial charge in [-0.15, -0.1) is 0 Å². The molecule has 8 heteroatoms. The minimum absolute atomic E-state index is 0.144. The van der Waals surface area contributed by atoms with Crippen molar-refractivity contribution in [2.75, 3.05) is 0 Å². The molecule has 0 radical (unpaired) electrons. The summed E-state index contributed by atoms with van der Waals surface area (Å²) in [5.41, 5.74) is 13.2. The Hall–Kier alpha value is -7.45. The van der Waals surface area contributed by atoms with Gasteiger partial charge in [-0.05, 0) is 104 Å². The van der Waals surface area contributed by atoms with Crippen molar-refractivity contribution in [2.24, 2.45) is 15.0 Å². The van der Waals surface area contributed by atoms with Crippen LogP contribution < -0.4 is 10.7 Å². The topological polar surface area (TPSA) is 127 Å². The number of carboxylic acids is 2. The second-order valence-electron chi connectivity index (χ2n) is 14.6. The molecule has 8 nitrogen and oxygen atoms in total. The normalized spacial score (nSPS) is 21.5. The smallest absolute Gasteiger partial charge is 0.335 e. The Bertz CT molecular complexity index is 2910. The molecule has 0 saturated carbocycles. The van der Waals surface area contributed by atoms with E-state index in [0.717, 1.165) is 72.6 Å². The quantitative estimate of drug-likeness (QED) is 0.163. The Morgan fingerprint density at radius 2 is 0.982 bits per heavy atom. The first-order valence-corrected chi connectivity index (χ1v) is 18.7. The number of aromatic amines is 1. The number of hydrogen-bond donors (Lipinski definition) is 3. The van der Waals surface area contributed by atoms with Crippen molar-refractivity contribution in [3.63, 3.8) is 0 Å². The van der Waals surface area contributed by atoms with Crippen LogP contribution >= 0.6 is 0 Å². The van der Waals surface area contributed by atoms with E-state index in [-0.39, 0.29) is 11.1 Å². The maximum absolute atomic E-state index is 12.4. The first-order chi connectivity index (χ1) is 27.6. The Morgan fingerprint density at radius 3 is 1.53 bits per heavy atom. The summed E-state index contributed by atoms with van der Waals surface area (Å²) < 4.78 is 0. The molecule has 1 unspecified atom stereocenters. The van der Waals surface area contributed by atoms with Crippen LogP contribution in [0.5, 0.6) is 0 Å². The van der Waals surface area contributed by atoms with Gasteiger partial charge in [0.05, 0.1) is 45.7 Å². The largest absolute Gasteiger partial charge is 0.478 e. The zero-order valence-corrected chi connectivity index (χ0v) is 31.4. The summed E-state index contributed by atoms with van der Waals surface area (Å²) in [6.07, 6.45) is 12.1. The number of fused-ring (bicyclic) bond motifs is 5. The van der Waals surface area contributed by atoms with Crippen LogP contribution in [0.15, 0.2) is 166 Å². The first kappa shape index (κ1) is 35.3. The van der Waals surface area contributed by atoms with Crippen molar-refractivity contribution < 1.29 is 19.8 Å². The SMILES string of the molecule is Cc1ccc(/C2=C3\C=CC(=N3)/C(c3ccc(C)cc3)=c3/cc/c([nH]3)=C(\c3cc(C(=O)O)cc(C(=O)O)c3)C3=N/C(=C(/c4ccc(C)cc4)C4C=CC2=N4)C=C3)cc1. The van der Waals surface area contributed by atoms with Gasteiger partial charge in [0.15, 0.2) is 0 Å². The summed E-state index contributed by atoms with van der Waals surface area (Å²) >= 11 is 0. The standard InChI is InChI=1S/C49H36N4O4/c1-27-4-10-30(11-5-27)44-36-16-18-38(50-36)45(31-12-6-28(2)7-13-31)40-20-22-42(52-40)47(33-24-34(48(54)55)26-35(25-33)49(56)57)43-23-21-41(53-43)46(39-19-17-37(44)51-39)32-14-8-29(3)9-15-32/h4-26,38,53H,1-3H3,(H,54,55)(H,56,57)/b44-37-,45-40-,46-41-,47-43-. The molecular weight excluding hydrogens is 709 g/mol. The third-order valence-electron chi connectivity index (χ3n) is 10.6. The summed E-state index contributed by atoms with van der Waals surface area (Å²) in [6, 6.07) is 32.7. The van der Waals surface area contributed by atoms with Crippen LogP contribution in [0.1, 0.15) is 59.7 Å². The lowest BCUT2D eigenvalue weighted by Crippen LogP contribution is -2.21. The predicted octanol–water partition coefficient (Wildman–Crippen LogP) is 7.97. The monoisotopic (exact) mass is 744 g/mol. The Morgan fingerprint density at radius 1 is 0.509 bits per heavy atom. The van der Waals surface area contributed by atoms with E-state index in [1.807, 2.05) is 50.3 Å². The molecule has 0 aliphatic carbocycles. The number of aliphatic imine (C=N–C) groups is 3. The molecule has 8 bridgehead atoms. The van der Waals surface area contributed by atoms with Gasteiger partial charge in [0, 0.05) is 33.0 Å². The van der Waals surface area contributed by atoms with Crippen LogP contribution in [0.4, 0.5) is 0 Å². The molecule has 3 N–H and O–H groups in total. The number of carboxylic acid groups (broad SMARTS) is 2. The number of nitrogens with zero attached hydrogens (tertiary/aromatic N) is 3. The zero-order valence-electron chi connectivity index (χ0n) is 31.4. The van der Waals surface area contributed by atoms with E-state index >= 15 is 0 Å². The molecule has 4 aliphatic heterocycles. The summed E-state index contributed by atoms with van der Waals surface area (Å²) in [5, 5.41) is 21.6. The Balaban J connectivity index is 1.41. The molecule has 1 aromatic heterocycles. The van der Waals surface area contributed by atoms with E-state index in [0.29, 0.717) is 27.9 Å². The highest BCUT2D eigenvalue weighted by Gasteiger charge is 2.28. The third-order valence-corrected chi connectivity index (χ3v) is 10.6. The van der Waals surface area contributed by atoms with Crippen molar-refractivity contribution >= 4 is 51.4 Å². The molecule has 4 aliphatic rings. The Labute approximate surface area is 328 Å². The molecule has 4 aromatic carbocycles. The van der Waals surface area contributed by atoms with E-state index in [1.165, 1.54) is 18.2 Å². The molecular formula is C49H36N4O4. The first-order valence-electron chi connectivity index (χ1n) is 18.7. The number of allylic oxidation sites excluding steroid dienone is 6. The molecule has 0 fully saturated rings. The molecule has 276 valence electrons. The lowest BCUT2D eigenvalue weighted by Gasteiger charge is -2.15. The number of nitrogens with one attached hydrogen (secondary N) is 1. The number of carbonyl (C=O) groups is 2. The van der Waals surface area contributed by atoms with E-state index < -0.39 is 18.0 Å². The minimum atomic E-state index is -1.23. The summed E-state index contributed by atoms with van der Waals surface area (Å²) in [4.78, 5) is 44.3. The second-order valence-corrected chi connectivity index (χ2v) is 14.6. The van der Waals surface area contributed by atoms with Gasteiger partial charge in [-0.2, -0.15) is 0 Å². The van der Waals surface area contributed by atoms with Gasteiger partial charge in [-0.1, -0.05) is 95.6 Å². The molecule has 57 heavy (non-hydrogen) atoms. The average Bonchev–Trinajstić information content (AvgIpc) is 4.05. The van der Waals surface area contributed by atoms with Crippen LogP contribution in [-0.2, 0) is 0 Å². The minimum Gasteiger partial charge on any atom is -0.478 e. The summed E-state index contributed by atoms with van der Waals surface area (Å²) in [5.74, 6) is -2.47. The maximum atomic E-state index is 12.4. The number of aromatic carboxylic acids is 2. The van der Waals surface area contributed by atoms with Crippen LogP contribution in [0.25, 0.3) is 22.3 Å². The van der Waals surface area contributed by atoms with Crippen LogP contribution in [-0.4, -0.2) is 50.3 Å². The van der Waals surface area contributed by atoms with Crippen molar-refractivity contribution in [1.29, 1.82) is 0 Å². The molecule has 5 aromatic rings. The fourth-order valence-corrected chi connectivity index (χ4v) is 7.68. The van der Waals surface area contributed by atoms with Gasteiger partial charge < -0.3 is 15.2 Å². The summed E-state index contributed by atoms with van der Waals surface area (Å²) in [7, 11) is 0. The molecule has 5 heterocycles. The maximum Gasteiger partial charge on any atom is 0.335 e. The molecule has 1 atom stereocenters. The van der Waals surface area contributed by atoms with E-state index in [9.17, 15) is 19.8 Å². The fourth-order valence-electron chi connectivity index (χ4n) is 7.68. The zero-order chi connectivity index (χ0) is 39.4. The molecule has 0 amide bonds. The van der Waals surface area contributed by atoms with Crippen LogP contribution in [0.3, 0.4) is 0 Å². The van der Waals surface area contributed by atoms with Gasteiger partial charge in [-0.25, -0.2) is 19.6 Å². The van der Waals surface area contributed by atoms with E-state index in [2.05, 4.69) is 96.9 Å². The Kier molecular flexibility index (Phi) is 8.66. The van der Waals surface area contributed by atoms with Crippen LogP contribution in [0, 0.1) is 20.8 Å². The molecule has 9 rings (SSSR count). The number of aryl methyl sites for hydroxylation is 3. The van der Waals surface area contributed by atoms with Gasteiger partial charge in [0.2, 0.25) is 0 Å². The fraction of sp³-hybridized carbons (Fsp3) is 0.0816. The third kappa shape index (κ3) is 6.57. The summed E-state index contributed by atoms with van der Waals surface area (Å²) in [6.45, 7) is 6.17. The molecule has 0 spiro atoms. The van der Waals surface area contributed by atoms with E-state index in [4.69, 9.17) is 15.0 Å². The number of H-pyrrole nitrogens is 1. The number of hydrogen-bond acceptors (Lipinski definition) is 5. The molecule has 0 saturated heterocycles. The highest BCUT2D eigenvalue weighted by molar-refractivity contribution is 6.35. The van der Waals surface area contributed by atoms with Gasteiger partial charge >= 0.3 is 11.9 Å². The van der Waals surface area contributed by atoms with Gasteiger partial charge in [0.1, 0.15) is 0 Å². The number of aromatic nitrogens is 1. The number of benzene rings is 4. The lowest BCUT2D eigenvalue weighted by atomic mass is 9.96. The predicted molar refractivity (Wildman–Crippen MR) is 226 cm³/mol. The second kappa shape index (κ2) is 14.0. The van der Waals surface area contributed by atoms with Crippen molar-refractivity contribution in [3.05, 3.63) is 212 Å².